The number of hydrogen-bond donors (Lipinski definition) is 3. The van der Waals surface area contributed by atoms with Crippen molar-refractivity contribution in [2.45, 2.75) is 4.90 Å². The first-order valence-electron chi connectivity index (χ1n) is 8.24. The van der Waals surface area contributed by atoms with Crippen LogP contribution < -0.4 is 15.4 Å². The van der Waals surface area contributed by atoms with Crippen LogP contribution in [0.3, 0.4) is 0 Å². The quantitative estimate of drug-likeness (QED) is 0.290. The fourth-order valence-corrected chi connectivity index (χ4v) is 4.93. The number of anilines is 3. The number of thiocarbonyl (C=S) groups is 1. The zero-order valence-electron chi connectivity index (χ0n) is 14.9. The number of sulfonamides is 1. The highest BCUT2D eigenvalue weighted by Gasteiger charge is 2.15. The minimum Gasteiger partial charge on any atom is -0.332 e. The summed E-state index contributed by atoms with van der Waals surface area (Å²) in [5, 5.41) is 7.42. The molecule has 0 heterocycles. The fourth-order valence-electron chi connectivity index (χ4n) is 2.42. The van der Waals surface area contributed by atoms with E-state index in [1.807, 2.05) is 6.07 Å². The van der Waals surface area contributed by atoms with E-state index in [1.54, 1.807) is 24.3 Å². The third-order valence-electron chi connectivity index (χ3n) is 3.72. The first kappa shape index (κ1) is 23.1. The number of benzene rings is 3. The molecule has 0 radical (unpaired) electrons. The van der Waals surface area contributed by atoms with E-state index in [2.05, 4.69) is 31.3 Å². The molecular formula is C19H13BrCl3N3O2S2. The van der Waals surface area contributed by atoms with E-state index in [0.29, 0.717) is 31.6 Å². The van der Waals surface area contributed by atoms with E-state index in [0.717, 1.165) is 4.47 Å². The highest BCUT2D eigenvalue weighted by molar-refractivity contribution is 9.10. The van der Waals surface area contributed by atoms with Crippen LogP contribution in [0.25, 0.3) is 0 Å². The van der Waals surface area contributed by atoms with Crippen LogP contribution in [0.4, 0.5) is 17.1 Å². The van der Waals surface area contributed by atoms with Crippen LogP contribution in [0.5, 0.6) is 0 Å². The summed E-state index contributed by atoms with van der Waals surface area (Å²) >= 11 is 26.6. The predicted molar refractivity (Wildman–Crippen MR) is 133 cm³/mol. The van der Waals surface area contributed by atoms with E-state index >= 15 is 0 Å². The maximum atomic E-state index is 12.6. The Bertz CT molecular complexity index is 1190. The molecule has 0 saturated heterocycles. The third kappa shape index (κ3) is 6.23. The number of halogens is 4. The van der Waals surface area contributed by atoms with Gasteiger partial charge in [-0.2, -0.15) is 0 Å². The molecule has 0 bridgehead atoms. The Morgan fingerprint density at radius 2 is 1.47 bits per heavy atom. The molecule has 0 spiro atoms. The summed E-state index contributed by atoms with van der Waals surface area (Å²) in [7, 11) is -3.82. The number of rotatable bonds is 5. The first-order valence-corrected chi connectivity index (χ1v) is 12.1. The molecule has 0 unspecified atom stereocenters. The van der Waals surface area contributed by atoms with Crippen LogP contribution in [0.1, 0.15) is 0 Å². The van der Waals surface area contributed by atoms with Gasteiger partial charge in [0.25, 0.3) is 10.0 Å². The average molecular weight is 566 g/mol. The lowest BCUT2D eigenvalue weighted by atomic mass is 10.3. The van der Waals surface area contributed by atoms with Crippen molar-refractivity contribution < 1.29 is 8.42 Å². The van der Waals surface area contributed by atoms with E-state index in [9.17, 15) is 8.42 Å². The molecule has 0 atom stereocenters. The SMILES string of the molecule is O=S(=O)(Nc1cc(Cl)cc(Cl)c1)c1ccc(NC(=S)Nc2ccc(Br)cc2Cl)cc1. The Labute approximate surface area is 202 Å². The molecule has 0 aromatic heterocycles. The van der Waals surface area contributed by atoms with Crippen LogP contribution in [0.15, 0.2) is 70.0 Å². The second-order valence-electron chi connectivity index (χ2n) is 5.99. The zero-order chi connectivity index (χ0) is 21.9. The molecule has 3 N–H and O–H groups in total. The van der Waals surface area contributed by atoms with Crippen molar-refractivity contribution in [3.63, 3.8) is 0 Å². The summed E-state index contributed by atoms with van der Waals surface area (Å²) in [5.41, 5.74) is 1.51. The van der Waals surface area contributed by atoms with Crippen molar-refractivity contribution in [3.05, 3.63) is 80.2 Å². The minimum absolute atomic E-state index is 0.0685. The highest BCUT2D eigenvalue weighted by Crippen LogP contribution is 2.27. The van der Waals surface area contributed by atoms with E-state index in [1.165, 1.54) is 30.3 Å². The summed E-state index contributed by atoms with van der Waals surface area (Å²) in [4.78, 5) is 0.0685. The fraction of sp³-hybridized carbons (Fsp3) is 0. The number of hydrogen-bond acceptors (Lipinski definition) is 3. The maximum absolute atomic E-state index is 12.6. The Morgan fingerprint density at radius 3 is 2.07 bits per heavy atom. The third-order valence-corrected chi connectivity index (χ3v) is 6.56. The van der Waals surface area contributed by atoms with Gasteiger partial charge >= 0.3 is 0 Å². The number of nitrogens with one attached hydrogen (secondary N) is 3. The highest BCUT2D eigenvalue weighted by atomic mass is 79.9. The Kier molecular flexibility index (Phi) is 7.49. The van der Waals surface area contributed by atoms with Crippen LogP contribution in [-0.4, -0.2) is 13.5 Å². The normalized spacial score (nSPS) is 11.1. The summed E-state index contributed by atoms with van der Waals surface area (Å²) in [6.45, 7) is 0. The second kappa shape index (κ2) is 9.72. The van der Waals surface area contributed by atoms with Crippen molar-refractivity contribution in [1.82, 2.24) is 0 Å². The van der Waals surface area contributed by atoms with E-state index in [-0.39, 0.29) is 10.6 Å². The van der Waals surface area contributed by atoms with Crippen molar-refractivity contribution >= 4 is 95.1 Å². The summed E-state index contributed by atoms with van der Waals surface area (Å²) in [6.07, 6.45) is 0. The molecule has 0 amide bonds. The molecule has 3 aromatic rings. The second-order valence-corrected chi connectivity index (χ2v) is 10.3. The summed E-state index contributed by atoms with van der Waals surface area (Å²) in [5.74, 6) is 0. The Hall–Kier alpha value is -1.55. The molecule has 0 aliphatic heterocycles. The van der Waals surface area contributed by atoms with Crippen LogP contribution in [-0.2, 0) is 10.0 Å². The van der Waals surface area contributed by atoms with Crippen LogP contribution in [0.2, 0.25) is 15.1 Å². The Balaban J connectivity index is 1.68. The summed E-state index contributed by atoms with van der Waals surface area (Å²) < 4.78 is 28.5. The van der Waals surface area contributed by atoms with Crippen LogP contribution >= 0.6 is 63.0 Å². The molecule has 30 heavy (non-hydrogen) atoms. The van der Waals surface area contributed by atoms with Gasteiger partial charge in [0.1, 0.15) is 0 Å². The zero-order valence-corrected chi connectivity index (χ0v) is 20.4. The van der Waals surface area contributed by atoms with E-state index in [4.69, 9.17) is 47.0 Å². The van der Waals surface area contributed by atoms with Crippen LogP contribution in [0, 0.1) is 0 Å². The summed E-state index contributed by atoms with van der Waals surface area (Å²) in [6, 6.07) is 15.9. The molecule has 0 fully saturated rings. The first-order chi connectivity index (χ1) is 14.1. The van der Waals surface area contributed by atoms with E-state index < -0.39 is 10.0 Å². The minimum atomic E-state index is -3.82. The van der Waals surface area contributed by atoms with Gasteiger partial charge in [0.05, 0.1) is 21.3 Å². The van der Waals surface area contributed by atoms with Gasteiger partial charge in [0.2, 0.25) is 0 Å². The molecule has 5 nitrogen and oxygen atoms in total. The molecule has 0 aliphatic rings. The van der Waals surface area contributed by atoms with Gasteiger partial charge in [-0.25, -0.2) is 8.42 Å². The van der Waals surface area contributed by atoms with Crippen molar-refractivity contribution in [3.8, 4) is 0 Å². The van der Waals surface area contributed by atoms with Gasteiger partial charge in [-0.05, 0) is 72.9 Å². The predicted octanol–water partition coefficient (Wildman–Crippen LogP) is 7.02. The molecule has 3 aromatic carbocycles. The lowest BCUT2D eigenvalue weighted by Gasteiger charge is -2.13. The lowest BCUT2D eigenvalue weighted by Crippen LogP contribution is -2.19. The molecule has 11 heteroatoms. The maximum Gasteiger partial charge on any atom is 0.261 e. The smallest absolute Gasteiger partial charge is 0.261 e. The molecular weight excluding hydrogens is 553 g/mol. The van der Waals surface area contributed by atoms with Gasteiger partial charge in [-0.15, -0.1) is 0 Å². The molecule has 0 saturated carbocycles. The molecule has 0 aliphatic carbocycles. The van der Waals surface area contributed by atoms with Gasteiger partial charge < -0.3 is 10.6 Å². The Morgan fingerprint density at radius 1 is 0.833 bits per heavy atom. The van der Waals surface area contributed by atoms with Crippen molar-refractivity contribution in [2.24, 2.45) is 0 Å². The average Bonchev–Trinajstić information content (AvgIpc) is 2.63. The van der Waals surface area contributed by atoms with Gasteiger partial charge in [-0.3, -0.25) is 4.72 Å². The standard InChI is InChI=1S/C19H13BrCl3N3O2S2/c20-11-1-6-18(17(23)7-11)25-19(29)24-14-2-4-16(5-3-14)30(27,28)26-15-9-12(21)8-13(22)10-15/h1-10,26H,(H2,24,25,29). The lowest BCUT2D eigenvalue weighted by molar-refractivity contribution is 0.601. The van der Waals surface area contributed by atoms with Crippen molar-refractivity contribution in [2.75, 3.05) is 15.4 Å². The van der Waals surface area contributed by atoms with Gasteiger partial charge in [0.15, 0.2) is 5.11 Å². The van der Waals surface area contributed by atoms with Gasteiger partial charge in [0, 0.05) is 20.2 Å². The molecule has 3 rings (SSSR count). The molecule has 156 valence electrons. The van der Waals surface area contributed by atoms with Crippen molar-refractivity contribution in [1.29, 1.82) is 0 Å². The van der Waals surface area contributed by atoms with Gasteiger partial charge in [-0.1, -0.05) is 50.7 Å². The monoisotopic (exact) mass is 563 g/mol. The largest absolute Gasteiger partial charge is 0.332 e. The topological polar surface area (TPSA) is 70.2 Å².